The summed E-state index contributed by atoms with van der Waals surface area (Å²) in [4.78, 5) is 12.0. The predicted molar refractivity (Wildman–Crippen MR) is 63.4 cm³/mol. The topological polar surface area (TPSA) is 76.0 Å². The molecule has 0 fully saturated rings. The van der Waals surface area contributed by atoms with E-state index in [0.29, 0.717) is 17.9 Å². The van der Waals surface area contributed by atoms with Crippen LogP contribution >= 0.6 is 11.3 Å². The van der Waals surface area contributed by atoms with Crippen LogP contribution in [0.3, 0.4) is 0 Å². The van der Waals surface area contributed by atoms with Crippen LogP contribution in [0.2, 0.25) is 0 Å². The van der Waals surface area contributed by atoms with Crippen molar-refractivity contribution in [2.24, 2.45) is 0 Å². The zero-order chi connectivity index (χ0) is 12.7. The number of carbonyl (C=O) groups excluding carboxylic acids is 1. The number of thiophene rings is 1. The van der Waals surface area contributed by atoms with Crippen LogP contribution < -0.4 is 4.74 Å². The molecule has 0 aliphatic heterocycles. The maximum absolute atomic E-state index is 11.0. The molecule has 0 radical (unpaired) electrons. The van der Waals surface area contributed by atoms with Gasteiger partial charge in [-0.3, -0.25) is 0 Å². The van der Waals surface area contributed by atoms with Gasteiger partial charge < -0.3 is 19.7 Å². The summed E-state index contributed by atoms with van der Waals surface area (Å²) < 4.78 is 9.56. The molecule has 5 nitrogen and oxygen atoms in total. The number of hydrogen-bond acceptors (Lipinski definition) is 6. The van der Waals surface area contributed by atoms with E-state index < -0.39 is 12.3 Å². The zero-order valence-corrected chi connectivity index (χ0v) is 10.4. The van der Waals surface area contributed by atoms with Crippen LogP contribution in [0, 0.1) is 0 Å². The summed E-state index contributed by atoms with van der Waals surface area (Å²) in [7, 11) is 0. The van der Waals surface area contributed by atoms with Crippen molar-refractivity contribution in [3.05, 3.63) is 17.0 Å². The Morgan fingerprint density at radius 2 is 2.29 bits per heavy atom. The van der Waals surface area contributed by atoms with Crippen molar-refractivity contribution in [1.29, 1.82) is 0 Å². The molecule has 0 spiro atoms. The largest absolute Gasteiger partial charge is 0.514 e. The molecule has 0 unspecified atom stereocenters. The van der Waals surface area contributed by atoms with Gasteiger partial charge in [0.15, 0.2) is 5.06 Å². The molecule has 0 saturated carbocycles. The summed E-state index contributed by atoms with van der Waals surface area (Å²) in [5.74, 6) is 0. The Kier molecular flexibility index (Phi) is 5.96. The molecule has 1 rings (SSSR count). The Labute approximate surface area is 104 Å². The second-order valence-electron chi connectivity index (χ2n) is 3.38. The van der Waals surface area contributed by atoms with Crippen molar-refractivity contribution in [3.8, 4) is 5.06 Å². The molecule has 2 N–H and O–H groups in total. The van der Waals surface area contributed by atoms with Crippen LogP contribution in [-0.2, 0) is 11.2 Å². The Morgan fingerprint density at radius 3 is 2.94 bits per heavy atom. The van der Waals surface area contributed by atoms with Crippen LogP contribution in [0.15, 0.2) is 12.1 Å². The van der Waals surface area contributed by atoms with Gasteiger partial charge in [-0.2, -0.15) is 0 Å². The maximum Gasteiger partial charge on any atom is 0.514 e. The van der Waals surface area contributed by atoms with Crippen molar-refractivity contribution >= 4 is 17.5 Å². The van der Waals surface area contributed by atoms with Crippen LogP contribution in [0.1, 0.15) is 18.2 Å². The quantitative estimate of drug-likeness (QED) is 0.759. The highest BCUT2D eigenvalue weighted by molar-refractivity contribution is 7.13. The minimum Gasteiger partial charge on any atom is -0.434 e. The molecule has 0 amide bonds. The molecule has 1 atom stereocenters. The van der Waals surface area contributed by atoms with E-state index in [0.717, 1.165) is 4.88 Å². The fourth-order valence-electron chi connectivity index (χ4n) is 1.18. The molecular formula is C11H16O5S. The average molecular weight is 260 g/mol. The Morgan fingerprint density at radius 1 is 1.53 bits per heavy atom. The first-order valence-corrected chi connectivity index (χ1v) is 6.19. The summed E-state index contributed by atoms with van der Waals surface area (Å²) in [6.45, 7) is 1.74. The first-order valence-electron chi connectivity index (χ1n) is 5.38. The lowest BCUT2D eigenvalue weighted by atomic mass is 10.2. The molecule has 0 aliphatic carbocycles. The second kappa shape index (κ2) is 7.26. The highest BCUT2D eigenvalue weighted by atomic mass is 32.1. The van der Waals surface area contributed by atoms with E-state index in [9.17, 15) is 9.90 Å². The fourth-order valence-corrected chi connectivity index (χ4v) is 2.04. The first kappa shape index (κ1) is 14.0. The first-order chi connectivity index (χ1) is 8.15. The molecule has 96 valence electrons. The molecule has 1 aromatic heterocycles. The number of aryl methyl sites for hydroxylation is 1. The van der Waals surface area contributed by atoms with E-state index in [4.69, 9.17) is 9.84 Å². The van der Waals surface area contributed by atoms with Crippen LogP contribution in [-0.4, -0.2) is 35.7 Å². The SMILES string of the molecule is CCOC(=O)Oc1ccc(CC[C@H](O)CO)s1. The third-order valence-corrected chi connectivity index (χ3v) is 3.04. The molecule has 1 heterocycles. The van der Waals surface area contributed by atoms with Crippen LogP contribution in [0.4, 0.5) is 4.79 Å². The van der Waals surface area contributed by atoms with Crippen LogP contribution in [0.5, 0.6) is 5.06 Å². The molecule has 0 bridgehead atoms. The van der Waals surface area contributed by atoms with Crippen molar-refractivity contribution in [2.75, 3.05) is 13.2 Å². The molecule has 0 aromatic carbocycles. The number of hydrogen-bond donors (Lipinski definition) is 2. The summed E-state index contributed by atoms with van der Waals surface area (Å²) in [6, 6.07) is 3.51. The zero-order valence-electron chi connectivity index (χ0n) is 9.59. The van der Waals surface area contributed by atoms with E-state index in [1.54, 1.807) is 13.0 Å². The summed E-state index contributed by atoms with van der Waals surface area (Å²) >= 11 is 1.32. The third kappa shape index (κ3) is 5.16. The lowest BCUT2D eigenvalue weighted by Crippen LogP contribution is -2.12. The normalized spacial score (nSPS) is 12.2. The van der Waals surface area contributed by atoms with Gasteiger partial charge in [0, 0.05) is 4.88 Å². The van der Waals surface area contributed by atoms with Gasteiger partial charge in [-0.15, -0.1) is 11.3 Å². The van der Waals surface area contributed by atoms with E-state index in [1.807, 2.05) is 6.07 Å². The predicted octanol–water partition coefficient (Wildman–Crippen LogP) is 1.57. The highest BCUT2D eigenvalue weighted by Gasteiger charge is 2.09. The fraction of sp³-hybridized carbons (Fsp3) is 0.545. The molecule has 0 aliphatic rings. The second-order valence-corrected chi connectivity index (χ2v) is 4.51. The molecule has 0 saturated heterocycles. The van der Waals surface area contributed by atoms with Gasteiger partial charge in [0.1, 0.15) is 0 Å². The van der Waals surface area contributed by atoms with E-state index >= 15 is 0 Å². The highest BCUT2D eigenvalue weighted by Crippen LogP contribution is 2.26. The van der Waals surface area contributed by atoms with Gasteiger partial charge in [-0.1, -0.05) is 0 Å². The third-order valence-electron chi connectivity index (χ3n) is 2.02. The summed E-state index contributed by atoms with van der Waals surface area (Å²) in [5, 5.41) is 18.3. The number of aliphatic hydroxyl groups excluding tert-OH is 2. The monoisotopic (exact) mass is 260 g/mol. The smallest absolute Gasteiger partial charge is 0.434 e. The van der Waals surface area contributed by atoms with Crippen LogP contribution in [0.25, 0.3) is 0 Å². The molecule has 6 heteroatoms. The van der Waals surface area contributed by atoms with Crippen molar-refractivity contribution < 1.29 is 24.5 Å². The Hall–Kier alpha value is -1.11. The van der Waals surface area contributed by atoms with Crippen molar-refractivity contribution in [2.45, 2.75) is 25.9 Å². The maximum atomic E-state index is 11.0. The molecule has 1 aromatic rings. The van der Waals surface area contributed by atoms with E-state index in [-0.39, 0.29) is 13.2 Å². The van der Waals surface area contributed by atoms with Crippen molar-refractivity contribution in [1.82, 2.24) is 0 Å². The lowest BCUT2D eigenvalue weighted by molar-refractivity contribution is 0.0887. The summed E-state index contributed by atoms with van der Waals surface area (Å²) in [6.07, 6.45) is -0.295. The minimum atomic E-state index is -0.712. The van der Waals surface area contributed by atoms with Crippen molar-refractivity contribution in [3.63, 3.8) is 0 Å². The van der Waals surface area contributed by atoms with Gasteiger partial charge in [-0.05, 0) is 31.9 Å². The lowest BCUT2D eigenvalue weighted by Gasteiger charge is -2.04. The van der Waals surface area contributed by atoms with E-state index in [2.05, 4.69) is 4.74 Å². The number of aliphatic hydroxyl groups is 2. The van der Waals surface area contributed by atoms with Gasteiger partial charge in [-0.25, -0.2) is 4.79 Å². The standard InChI is InChI=1S/C11H16O5S/c1-2-15-11(14)16-10-6-5-9(17-10)4-3-8(13)7-12/h5-6,8,12-13H,2-4,7H2,1H3/t8-/m0/s1. The number of rotatable bonds is 6. The molecule has 17 heavy (non-hydrogen) atoms. The molecular weight excluding hydrogens is 244 g/mol. The van der Waals surface area contributed by atoms with Gasteiger partial charge in [0.05, 0.1) is 19.3 Å². The van der Waals surface area contributed by atoms with Gasteiger partial charge >= 0.3 is 6.16 Å². The number of ether oxygens (including phenoxy) is 2. The van der Waals surface area contributed by atoms with Gasteiger partial charge in [0.2, 0.25) is 0 Å². The average Bonchev–Trinajstić information content (AvgIpc) is 2.74. The Bertz CT molecular complexity index is 349. The summed E-state index contributed by atoms with van der Waals surface area (Å²) in [5.41, 5.74) is 0. The minimum absolute atomic E-state index is 0.239. The number of carbonyl (C=O) groups is 1. The van der Waals surface area contributed by atoms with E-state index in [1.165, 1.54) is 11.3 Å². The van der Waals surface area contributed by atoms with Gasteiger partial charge in [0.25, 0.3) is 0 Å². The Balaban J connectivity index is 2.39.